The molecule has 0 aromatic heterocycles. The Morgan fingerprint density at radius 3 is 2.03 bits per heavy atom. The number of carbonyl (C=O) groups excluding carboxylic acids is 1. The molecule has 3 rings (SSSR count). The number of piperazine rings is 1. The summed E-state index contributed by atoms with van der Waals surface area (Å²) in [5.41, 5.74) is 2.09. The first-order chi connectivity index (χ1) is 15.7. The van der Waals surface area contributed by atoms with E-state index in [0.29, 0.717) is 19.7 Å². The maximum absolute atomic E-state index is 12.2. The zero-order valence-corrected chi connectivity index (χ0v) is 20.7. The minimum atomic E-state index is -0.450. The number of hydrogen-bond acceptors (Lipinski definition) is 5. The summed E-state index contributed by atoms with van der Waals surface area (Å²) in [6.07, 6.45) is 0.814. The van der Waals surface area contributed by atoms with Gasteiger partial charge in [0.15, 0.2) is 0 Å². The molecule has 1 fully saturated rings. The first-order valence-corrected chi connectivity index (χ1v) is 11.9. The summed E-state index contributed by atoms with van der Waals surface area (Å²) in [4.78, 5) is 16.4. The van der Waals surface area contributed by atoms with Gasteiger partial charge in [-0.3, -0.25) is 4.90 Å². The van der Waals surface area contributed by atoms with Crippen LogP contribution in [0.15, 0.2) is 48.5 Å². The molecule has 1 heterocycles. The molecule has 2 aromatic carbocycles. The molecule has 33 heavy (non-hydrogen) atoms. The van der Waals surface area contributed by atoms with Crippen LogP contribution >= 0.6 is 0 Å². The highest BCUT2D eigenvalue weighted by Gasteiger charge is 2.25. The molecule has 180 valence electrons. The summed E-state index contributed by atoms with van der Waals surface area (Å²) in [5.74, 6) is 1.72. The lowest BCUT2D eigenvalue weighted by Crippen LogP contribution is -2.49. The van der Waals surface area contributed by atoms with Crippen molar-refractivity contribution in [2.24, 2.45) is 0 Å². The number of ether oxygens (including phenoxy) is 3. The van der Waals surface area contributed by atoms with Crippen LogP contribution in [-0.4, -0.2) is 60.4 Å². The summed E-state index contributed by atoms with van der Waals surface area (Å²) in [5, 5.41) is 0. The van der Waals surface area contributed by atoms with Crippen molar-refractivity contribution in [2.75, 3.05) is 32.8 Å². The van der Waals surface area contributed by atoms with Crippen molar-refractivity contribution in [3.05, 3.63) is 59.7 Å². The molecule has 1 saturated heterocycles. The smallest absolute Gasteiger partial charge is 0.410 e. The Bertz CT molecular complexity index is 864. The average Bonchev–Trinajstić information content (AvgIpc) is 2.75. The first-order valence-electron chi connectivity index (χ1n) is 11.9. The molecule has 0 saturated carbocycles. The third-order valence-corrected chi connectivity index (χ3v) is 5.31. The molecule has 6 nitrogen and oxygen atoms in total. The van der Waals surface area contributed by atoms with Gasteiger partial charge in [0.2, 0.25) is 0 Å². The van der Waals surface area contributed by atoms with Gasteiger partial charge in [-0.15, -0.1) is 0 Å². The number of carbonyl (C=O) groups is 1. The van der Waals surface area contributed by atoms with E-state index >= 15 is 0 Å². The van der Waals surface area contributed by atoms with Gasteiger partial charge in [0, 0.05) is 39.1 Å². The van der Waals surface area contributed by atoms with Crippen LogP contribution < -0.4 is 9.47 Å². The lowest BCUT2D eigenvalue weighted by atomic mass is 10.1. The average molecular weight is 455 g/mol. The van der Waals surface area contributed by atoms with Gasteiger partial charge in [0.1, 0.15) is 17.1 Å². The number of nitrogens with zero attached hydrogens (tertiary/aromatic N) is 2. The molecule has 0 N–H and O–H groups in total. The van der Waals surface area contributed by atoms with Gasteiger partial charge < -0.3 is 19.1 Å². The Kier molecular flexibility index (Phi) is 8.61. The van der Waals surface area contributed by atoms with E-state index in [1.165, 1.54) is 11.1 Å². The van der Waals surface area contributed by atoms with Gasteiger partial charge in [-0.05, 0) is 70.0 Å². The van der Waals surface area contributed by atoms with Gasteiger partial charge in [0.25, 0.3) is 0 Å². The summed E-state index contributed by atoms with van der Waals surface area (Å²) in [7, 11) is 0. The van der Waals surface area contributed by atoms with E-state index in [9.17, 15) is 4.79 Å². The second-order valence-corrected chi connectivity index (χ2v) is 9.80. The molecule has 0 spiro atoms. The van der Waals surface area contributed by atoms with Crippen LogP contribution in [0.1, 0.15) is 45.7 Å². The molecule has 0 atom stereocenters. The van der Waals surface area contributed by atoms with E-state index in [0.717, 1.165) is 37.6 Å². The molecular weight excluding hydrogens is 416 g/mol. The number of hydrogen-bond donors (Lipinski definition) is 0. The fourth-order valence-corrected chi connectivity index (χ4v) is 3.66. The van der Waals surface area contributed by atoms with Gasteiger partial charge in [0.05, 0.1) is 12.7 Å². The van der Waals surface area contributed by atoms with Crippen LogP contribution in [0.25, 0.3) is 0 Å². The molecule has 0 aliphatic carbocycles. The Balaban J connectivity index is 1.38. The van der Waals surface area contributed by atoms with Gasteiger partial charge in [-0.2, -0.15) is 0 Å². The third kappa shape index (κ3) is 8.61. The monoisotopic (exact) mass is 454 g/mol. The molecule has 0 bridgehead atoms. The van der Waals surface area contributed by atoms with Crippen LogP contribution in [0.2, 0.25) is 0 Å². The van der Waals surface area contributed by atoms with Gasteiger partial charge in [-0.25, -0.2) is 4.79 Å². The largest absolute Gasteiger partial charge is 0.493 e. The van der Waals surface area contributed by atoms with Crippen molar-refractivity contribution in [1.82, 2.24) is 9.80 Å². The highest BCUT2D eigenvalue weighted by molar-refractivity contribution is 5.68. The lowest BCUT2D eigenvalue weighted by Gasteiger charge is -2.35. The van der Waals surface area contributed by atoms with Crippen molar-refractivity contribution in [1.29, 1.82) is 0 Å². The standard InChI is InChI=1S/C27H38N2O4/c1-21(2)32-25-12-10-24(11-13-25)31-19-14-22-6-8-23(9-7-22)20-28-15-17-29(18-16-28)26(30)33-27(3,4)5/h6-13,21H,14-20H2,1-5H3. The summed E-state index contributed by atoms with van der Waals surface area (Å²) < 4.78 is 17.0. The fraction of sp³-hybridized carbons (Fsp3) is 0.519. The van der Waals surface area contributed by atoms with E-state index in [-0.39, 0.29) is 12.2 Å². The first kappa shape index (κ1) is 24.9. The Hall–Kier alpha value is -2.73. The molecule has 1 aliphatic rings. The molecule has 1 aliphatic heterocycles. The second kappa shape index (κ2) is 11.4. The van der Waals surface area contributed by atoms with E-state index in [2.05, 4.69) is 29.2 Å². The third-order valence-electron chi connectivity index (χ3n) is 5.31. The highest BCUT2D eigenvalue weighted by atomic mass is 16.6. The second-order valence-electron chi connectivity index (χ2n) is 9.80. The van der Waals surface area contributed by atoms with Crippen molar-refractivity contribution < 1.29 is 19.0 Å². The minimum absolute atomic E-state index is 0.168. The number of amides is 1. The topological polar surface area (TPSA) is 51.2 Å². The van der Waals surface area contributed by atoms with Crippen molar-refractivity contribution in [3.63, 3.8) is 0 Å². The number of rotatable bonds is 8. The quantitative estimate of drug-likeness (QED) is 0.552. The van der Waals surface area contributed by atoms with Crippen LogP contribution in [0.4, 0.5) is 4.79 Å². The molecule has 1 amide bonds. The molecule has 6 heteroatoms. The molecule has 0 unspecified atom stereocenters. The van der Waals surface area contributed by atoms with E-state index < -0.39 is 5.60 Å². The summed E-state index contributed by atoms with van der Waals surface area (Å²) in [6.45, 7) is 14.4. The maximum Gasteiger partial charge on any atom is 0.410 e. The van der Waals surface area contributed by atoms with Crippen LogP contribution in [0, 0.1) is 0 Å². The van der Waals surface area contributed by atoms with Crippen LogP contribution in [-0.2, 0) is 17.7 Å². The number of benzene rings is 2. The summed E-state index contributed by atoms with van der Waals surface area (Å²) in [6, 6.07) is 16.5. The Morgan fingerprint density at radius 1 is 0.879 bits per heavy atom. The van der Waals surface area contributed by atoms with Crippen molar-refractivity contribution in [2.45, 2.75) is 59.3 Å². The maximum atomic E-state index is 12.2. The highest BCUT2D eigenvalue weighted by Crippen LogP contribution is 2.19. The minimum Gasteiger partial charge on any atom is -0.493 e. The van der Waals surface area contributed by atoms with Crippen molar-refractivity contribution >= 4 is 6.09 Å². The van der Waals surface area contributed by atoms with Crippen molar-refractivity contribution in [3.8, 4) is 11.5 Å². The van der Waals surface area contributed by atoms with Gasteiger partial charge >= 0.3 is 6.09 Å². The SMILES string of the molecule is CC(C)Oc1ccc(OCCc2ccc(CN3CCN(C(=O)OC(C)(C)C)CC3)cc2)cc1. The normalized spacial score (nSPS) is 14.9. The summed E-state index contributed by atoms with van der Waals surface area (Å²) >= 11 is 0. The molecule has 2 aromatic rings. The Labute approximate surface area is 198 Å². The zero-order chi connectivity index (χ0) is 23.8. The predicted molar refractivity (Wildman–Crippen MR) is 131 cm³/mol. The fourth-order valence-electron chi connectivity index (χ4n) is 3.66. The Morgan fingerprint density at radius 2 is 1.45 bits per heavy atom. The zero-order valence-electron chi connectivity index (χ0n) is 20.7. The van der Waals surface area contributed by atoms with Crippen LogP contribution in [0.5, 0.6) is 11.5 Å². The predicted octanol–water partition coefficient (Wildman–Crippen LogP) is 5.15. The molecular formula is C27H38N2O4. The molecule has 0 radical (unpaired) electrons. The van der Waals surface area contributed by atoms with E-state index in [1.54, 1.807) is 4.90 Å². The van der Waals surface area contributed by atoms with Crippen LogP contribution in [0.3, 0.4) is 0 Å². The van der Waals surface area contributed by atoms with Gasteiger partial charge in [-0.1, -0.05) is 24.3 Å². The lowest BCUT2D eigenvalue weighted by molar-refractivity contribution is 0.0139. The van der Waals surface area contributed by atoms with E-state index in [1.807, 2.05) is 58.9 Å². The van der Waals surface area contributed by atoms with E-state index in [4.69, 9.17) is 14.2 Å².